The monoisotopic (exact) mass is 503 g/mol. The fourth-order valence-corrected chi connectivity index (χ4v) is 4.95. The number of halogens is 1. The third-order valence-corrected chi connectivity index (χ3v) is 7.19. The van der Waals surface area contributed by atoms with E-state index < -0.39 is 0 Å². The number of hydrogen-bond donors (Lipinski definition) is 1. The minimum atomic E-state index is 0.113. The minimum Gasteiger partial charge on any atom is -0.356 e. The van der Waals surface area contributed by atoms with Gasteiger partial charge in [0.2, 0.25) is 17.6 Å². The lowest BCUT2D eigenvalue weighted by molar-refractivity contribution is -0.126. The van der Waals surface area contributed by atoms with E-state index in [2.05, 4.69) is 48.1 Å². The zero-order valence-corrected chi connectivity index (χ0v) is 20.5. The van der Waals surface area contributed by atoms with Crippen molar-refractivity contribution in [2.75, 3.05) is 39.3 Å². The first kappa shape index (κ1) is 23.4. The van der Waals surface area contributed by atoms with E-state index in [0.717, 1.165) is 61.4 Å². The molecule has 2 aromatic rings. The summed E-state index contributed by atoms with van der Waals surface area (Å²) < 4.78 is 6.44. The van der Waals surface area contributed by atoms with Crippen LogP contribution in [-0.4, -0.2) is 65.1 Å². The Bertz CT molecular complexity index is 873. The maximum Gasteiger partial charge on any atom is 0.241 e. The Balaban J connectivity index is 1.14. The first-order valence-corrected chi connectivity index (χ1v) is 12.7. The smallest absolute Gasteiger partial charge is 0.241 e. The van der Waals surface area contributed by atoms with Gasteiger partial charge in [0, 0.05) is 22.5 Å². The second kappa shape index (κ2) is 11.4. The number of aromatic nitrogens is 2. The molecular formula is C24H34BrN5O2. The van der Waals surface area contributed by atoms with Crippen LogP contribution in [-0.2, 0) is 11.3 Å². The number of carbonyl (C=O) groups is 1. The summed E-state index contributed by atoms with van der Waals surface area (Å²) in [7, 11) is 0. The van der Waals surface area contributed by atoms with Gasteiger partial charge in [0.05, 0.1) is 6.54 Å². The van der Waals surface area contributed by atoms with E-state index in [1.54, 1.807) is 0 Å². The lowest BCUT2D eigenvalue weighted by Gasteiger charge is -2.31. The van der Waals surface area contributed by atoms with E-state index in [-0.39, 0.29) is 11.8 Å². The lowest BCUT2D eigenvalue weighted by Crippen LogP contribution is -2.41. The van der Waals surface area contributed by atoms with Crippen molar-refractivity contribution in [1.82, 2.24) is 25.3 Å². The molecule has 0 unspecified atom stereocenters. The van der Waals surface area contributed by atoms with Gasteiger partial charge in [-0.15, -0.1) is 0 Å². The van der Waals surface area contributed by atoms with Crippen LogP contribution in [0, 0.1) is 11.8 Å². The van der Waals surface area contributed by atoms with E-state index in [1.807, 2.05) is 24.3 Å². The average Bonchev–Trinajstić information content (AvgIpc) is 3.27. The highest BCUT2D eigenvalue weighted by molar-refractivity contribution is 9.10. The molecule has 2 fully saturated rings. The number of benzene rings is 1. The third kappa shape index (κ3) is 6.62. The summed E-state index contributed by atoms with van der Waals surface area (Å²) in [5, 5.41) is 7.28. The summed E-state index contributed by atoms with van der Waals surface area (Å²) in [6.45, 7) is 9.01. The zero-order valence-electron chi connectivity index (χ0n) is 18.9. The van der Waals surface area contributed by atoms with E-state index in [1.165, 1.54) is 25.9 Å². The predicted octanol–water partition coefficient (Wildman–Crippen LogP) is 3.95. The van der Waals surface area contributed by atoms with Gasteiger partial charge in [0.25, 0.3) is 0 Å². The first-order chi connectivity index (χ1) is 15.6. The van der Waals surface area contributed by atoms with Crippen molar-refractivity contribution in [3.8, 4) is 11.4 Å². The summed E-state index contributed by atoms with van der Waals surface area (Å²) in [4.78, 5) is 21.9. The molecule has 4 rings (SSSR count). The Hall–Kier alpha value is -1.77. The van der Waals surface area contributed by atoms with Gasteiger partial charge in [0.1, 0.15) is 0 Å². The molecular weight excluding hydrogens is 470 g/mol. The van der Waals surface area contributed by atoms with Crippen LogP contribution in [0.4, 0.5) is 0 Å². The maximum absolute atomic E-state index is 12.6. The van der Waals surface area contributed by atoms with Crippen LogP contribution in [0.2, 0.25) is 0 Å². The van der Waals surface area contributed by atoms with Crippen LogP contribution in [0.15, 0.2) is 33.3 Å². The highest BCUT2D eigenvalue weighted by atomic mass is 79.9. The van der Waals surface area contributed by atoms with E-state index >= 15 is 0 Å². The lowest BCUT2D eigenvalue weighted by atomic mass is 9.96. The number of hydrogen-bond acceptors (Lipinski definition) is 6. The summed E-state index contributed by atoms with van der Waals surface area (Å²) in [5.41, 5.74) is 0.930. The zero-order chi connectivity index (χ0) is 22.3. The number of nitrogens with zero attached hydrogens (tertiary/aromatic N) is 4. The normalized spacial score (nSPS) is 19.3. The van der Waals surface area contributed by atoms with Crippen molar-refractivity contribution >= 4 is 21.8 Å². The van der Waals surface area contributed by atoms with Gasteiger partial charge in [-0.25, -0.2) is 0 Å². The van der Waals surface area contributed by atoms with Crippen LogP contribution >= 0.6 is 15.9 Å². The Kier molecular flexibility index (Phi) is 8.32. The van der Waals surface area contributed by atoms with Gasteiger partial charge in [-0.1, -0.05) is 40.1 Å². The highest BCUT2D eigenvalue weighted by Crippen LogP contribution is 2.22. The van der Waals surface area contributed by atoms with Crippen LogP contribution in [0.3, 0.4) is 0 Å². The number of nitrogens with one attached hydrogen (secondary N) is 1. The maximum atomic E-state index is 12.6. The van der Waals surface area contributed by atoms with Crippen molar-refractivity contribution < 1.29 is 9.32 Å². The second-order valence-electron chi connectivity index (χ2n) is 9.24. The number of likely N-dealkylation sites (tertiary alicyclic amines) is 2. The van der Waals surface area contributed by atoms with E-state index in [4.69, 9.17) is 4.52 Å². The molecule has 7 nitrogen and oxygen atoms in total. The summed E-state index contributed by atoms with van der Waals surface area (Å²) in [6.07, 6.45) is 5.40. The Morgan fingerprint density at radius 1 is 1.16 bits per heavy atom. The molecule has 0 atom stereocenters. The van der Waals surface area contributed by atoms with Crippen molar-refractivity contribution in [2.24, 2.45) is 11.8 Å². The Morgan fingerprint density at radius 3 is 2.66 bits per heavy atom. The summed E-state index contributed by atoms with van der Waals surface area (Å²) in [5.74, 6) is 2.42. The molecule has 1 aromatic carbocycles. The standard InChI is InChI=1S/C24H34BrN5O2/c1-18-6-12-29(13-7-18)11-3-10-26-24(31)19-8-14-30(15-9-19)17-22-27-23(28-32-22)20-4-2-5-21(25)16-20/h2,4-5,16,18-19H,3,6-15,17H2,1H3,(H,26,31). The third-order valence-electron chi connectivity index (χ3n) is 6.69. The van der Waals surface area contributed by atoms with Crippen LogP contribution < -0.4 is 5.32 Å². The molecule has 0 bridgehead atoms. The number of amides is 1. The van der Waals surface area contributed by atoms with Gasteiger partial charge in [0.15, 0.2) is 0 Å². The van der Waals surface area contributed by atoms with Gasteiger partial charge in [-0.3, -0.25) is 9.69 Å². The first-order valence-electron chi connectivity index (χ1n) is 11.9. The molecule has 2 aliphatic rings. The molecule has 1 aromatic heterocycles. The van der Waals surface area contributed by atoms with Gasteiger partial charge in [-0.05, 0) is 82.9 Å². The Morgan fingerprint density at radius 2 is 1.91 bits per heavy atom. The van der Waals surface area contributed by atoms with Crippen LogP contribution in [0.5, 0.6) is 0 Å². The van der Waals surface area contributed by atoms with E-state index in [0.29, 0.717) is 18.3 Å². The van der Waals surface area contributed by atoms with Crippen LogP contribution in [0.25, 0.3) is 11.4 Å². The fourth-order valence-electron chi connectivity index (χ4n) is 4.55. The molecule has 0 saturated carbocycles. The molecule has 0 spiro atoms. The van der Waals surface area contributed by atoms with Crippen molar-refractivity contribution in [3.05, 3.63) is 34.6 Å². The minimum absolute atomic E-state index is 0.113. The Labute approximate surface area is 199 Å². The van der Waals surface area contributed by atoms with Crippen molar-refractivity contribution in [1.29, 1.82) is 0 Å². The molecule has 3 heterocycles. The molecule has 174 valence electrons. The number of carbonyl (C=O) groups excluding carboxylic acids is 1. The largest absolute Gasteiger partial charge is 0.356 e. The second-order valence-corrected chi connectivity index (χ2v) is 10.2. The molecule has 32 heavy (non-hydrogen) atoms. The van der Waals surface area contributed by atoms with Crippen molar-refractivity contribution in [3.63, 3.8) is 0 Å². The number of rotatable bonds is 8. The van der Waals surface area contributed by atoms with E-state index in [9.17, 15) is 4.79 Å². The molecule has 1 amide bonds. The van der Waals surface area contributed by atoms with Gasteiger partial charge >= 0.3 is 0 Å². The average molecular weight is 504 g/mol. The number of piperidine rings is 2. The topological polar surface area (TPSA) is 74.5 Å². The van der Waals surface area contributed by atoms with Crippen molar-refractivity contribution in [2.45, 2.75) is 45.6 Å². The quantitative estimate of drug-likeness (QED) is 0.549. The molecule has 0 aliphatic carbocycles. The van der Waals surface area contributed by atoms with Crippen LogP contribution in [0.1, 0.15) is 44.9 Å². The fraction of sp³-hybridized carbons (Fsp3) is 0.625. The molecule has 0 radical (unpaired) electrons. The summed E-state index contributed by atoms with van der Waals surface area (Å²) in [6, 6.07) is 7.88. The molecule has 1 N–H and O–H groups in total. The van der Waals surface area contributed by atoms with Gasteiger partial charge < -0.3 is 14.7 Å². The predicted molar refractivity (Wildman–Crippen MR) is 128 cm³/mol. The molecule has 8 heteroatoms. The highest BCUT2D eigenvalue weighted by Gasteiger charge is 2.26. The summed E-state index contributed by atoms with van der Waals surface area (Å²) >= 11 is 3.47. The molecule has 2 aliphatic heterocycles. The van der Waals surface area contributed by atoms with Gasteiger partial charge in [-0.2, -0.15) is 4.98 Å². The SMILES string of the molecule is CC1CCN(CCCNC(=O)C2CCN(Cc3nc(-c4cccc(Br)c4)no3)CC2)CC1. The molecule has 2 saturated heterocycles.